The maximum Gasteiger partial charge on any atom is 0.0992 e. The van der Waals surface area contributed by atoms with E-state index in [0.29, 0.717) is 11.1 Å². The number of rotatable bonds is 2. The summed E-state index contributed by atoms with van der Waals surface area (Å²) in [6.45, 7) is 0. The molecule has 4 nitrogen and oxygen atoms in total. The van der Waals surface area contributed by atoms with E-state index in [4.69, 9.17) is 0 Å². The summed E-state index contributed by atoms with van der Waals surface area (Å²) in [5.74, 6) is 0. The Morgan fingerprint density at radius 1 is 0.655 bits per heavy atom. The van der Waals surface area contributed by atoms with Crippen molar-refractivity contribution in [2.75, 3.05) is 0 Å². The first kappa shape index (κ1) is 16.7. The van der Waals surface area contributed by atoms with E-state index in [1.54, 1.807) is 12.4 Å². The quantitative estimate of drug-likeness (QED) is 0.407. The Morgan fingerprint density at radius 3 is 2.21 bits per heavy atom. The average molecular weight is 370 g/mol. The number of nitriles is 2. The van der Waals surface area contributed by atoms with Gasteiger partial charge in [0, 0.05) is 28.9 Å². The molecular weight excluding hydrogens is 356 g/mol. The Balaban J connectivity index is 1.86. The summed E-state index contributed by atoms with van der Waals surface area (Å²) < 4.78 is 2.15. The van der Waals surface area contributed by atoms with Gasteiger partial charge in [0.15, 0.2) is 0 Å². The Hall–Kier alpha value is -4.41. The summed E-state index contributed by atoms with van der Waals surface area (Å²) in [5, 5.41) is 21.0. The molecule has 5 aromatic rings. The van der Waals surface area contributed by atoms with Crippen molar-refractivity contribution in [1.29, 1.82) is 10.5 Å². The summed E-state index contributed by atoms with van der Waals surface area (Å²) >= 11 is 0. The molecule has 0 saturated heterocycles. The lowest BCUT2D eigenvalue weighted by molar-refractivity contribution is 1.18. The molecular formula is C25H14N4. The summed E-state index contributed by atoms with van der Waals surface area (Å²) in [5.41, 5.74) is 6.13. The van der Waals surface area contributed by atoms with Gasteiger partial charge in [0.2, 0.25) is 0 Å². The molecule has 0 unspecified atom stereocenters. The molecule has 0 bridgehead atoms. The molecule has 0 aliphatic rings. The van der Waals surface area contributed by atoms with Crippen LogP contribution in [0.2, 0.25) is 0 Å². The molecule has 0 radical (unpaired) electrons. The summed E-state index contributed by atoms with van der Waals surface area (Å²) in [6.07, 6.45) is 3.50. The number of pyridine rings is 1. The standard InChI is InChI=1S/C25H14N4/c26-15-17-5-6-25-23(13-17)22-3-1-2-4-24(22)29(25)21-12-18(16-27)11-20(14-21)19-7-9-28-10-8-19/h1-14H. The van der Waals surface area contributed by atoms with Gasteiger partial charge in [0.1, 0.15) is 0 Å². The van der Waals surface area contributed by atoms with E-state index in [1.807, 2.05) is 54.6 Å². The van der Waals surface area contributed by atoms with Gasteiger partial charge in [-0.2, -0.15) is 10.5 Å². The zero-order valence-corrected chi connectivity index (χ0v) is 15.4. The fraction of sp³-hybridized carbons (Fsp3) is 0. The number of hydrogen-bond acceptors (Lipinski definition) is 3. The van der Waals surface area contributed by atoms with E-state index >= 15 is 0 Å². The van der Waals surface area contributed by atoms with E-state index in [1.165, 1.54) is 0 Å². The number of hydrogen-bond donors (Lipinski definition) is 0. The summed E-state index contributed by atoms with van der Waals surface area (Å²) in [6, 6.07) is 28.1. The third-order valence-electron chi connectivity index (χ3n) is 5.12. The van der Waals surface area contributed by atoms with Gasteiger partial charge in [-0.25, -0.2) is 0 Å². The van der Waals surface area contributed by atoms with Crippen LogP contribution in [0.5, 0.6) is 0 Å². The SMILES string of the molecule is N#Cc1cc(-c2ccncc2)cc(-n2c3ccccc3c3cc(C#N)ccc32)c1. The van der Waals surface area contributed by atoms with Crippen LogP contribution in [0, 0.1) is 22.7 Å². The van der Waals surface area contributed by atoms with Crippen molar-refractivity contribution in [1.82, 2.24) is 9.55 Å². The fourth-order valence-electron chi connectivity index (χ4n) is 3.84. The van der Waals surface area contributed by atoms with Crippen LogP contribution < -0.4 is 0 Å². The molecule has 134 valence electrons. The van der Waals surface area contributed by atoms with Gasteiger partial charge in [-0.05, 0) is 65.7 Å². The zero-order valence-electron chi connectivity index (χ0n) is 15.4. The van der Waals surface area contributed by atoms with Crippen LogP contribution in [0.4, 0.5) is 0 Å². The van der Waals surface area contributed by atoms with Crippen molar-refractivity contribution in [3.8, 4) is 29.0 Å². The van der Waals surface area contributed by atoms with Gasteiger partial charge in [-0.15, -0.1) is 0 Å². The molecule has 0 fully saturated rings. The molecule has 0 amide bonds. The van der Waals surface area contributed by atoms with E-state index in [0.717, 1.165) is 38.6 Å². The number of para-hydroxylation sites is 1. The minimum absolute atomic E-state index is 0.592. The van der Waals surface area contributed by atoms with Crippen LogP contribution >= 0.6 is 0 Å². The van der Waals surface area contributed by atoms with E-state index < -0.39 is 0 Å². The highest BCUT2D eigenvalue weighted by atomic mass is 15.0. The Bertz CT molecular complexity index is 1460. The van der Waals surface area contributed by atoms with Crippen molar-refractivity contribution in [2.45, 2.75) is 0 Å². The van der Waals surface area contributed by atoms with E-state index in [2.05, 4.69) is 39.9 Å². The van der Waals surface area contributed by atoms with Crippen molar-refractivity contribution >= 4 is 21.8 Å². The highest BCUT2D eigenvalue weighted by molar-refractivity contribution is 6.09. The monoisotopic (exact) mass is 370 g/mol. The number of aromatic nitrogens is 2. The van der Waals surface area contributed by atoms with Crippen molar-refractivity contribution in [3.63, 3.8) is 0 Å². The average Bonchev–Trinajstić information content (AvgIpc) is 3.13. The Kier molecular flexibility index (Phi) is 3.83. The van der Waals surface area contributed by atoms with Crippen LogP contribution in [-0.2, 0) is 0 Å². The number of benzene rings is 3. The number of fused-ring (bicyclic) bond motifs is 3. The summed E-state index contributed by atoms with van der Waals surface area (Å²) in [7, 11) is 0. The predicted molar refractivity (Wildman–Crippen MR) is 113 cm³/mol. The van der Waals surface area contributed by atoms with Crippen LogP contribution in [0.1, 0.15) is 11.1 Å². The second-order valence-electron chi connectivity index (χ2n) is 6.81. The van der Waals surface area contributed by atoms with Crippen LogP contribution in [0.15, 0.2) is 85.2 Å². The smallest absolute Gasteiger partial charge is 0.0992 e. The number of nitrogens with zero attached hydrogens (tertiary/aromatic N) is 4. The molecule has 0 aliphatic carbocycles. The molecule has 0 atom stereocenters. The van der Waals surface area contributed by atoms with E-state index in [-0.39, 0.29) is 0 Å². The van der Waals surface area contributed by atoms with Gasteiger partial charge >= 0.3 is 0 Å². The molecule has 4 heteroatoms. The van der Waals surface area contributed by atoms with Crippen LogP contribution in [0.25, 0.3) is 38.6 Å². The van der Waals surface area contributed by atoms with Gasteiger partial charge in [-0.1, -0.05) is 18.2 Å². The molecule has 0 aliphatic heterocycles. The minimum Gasteiger partial charge on any atom is -0.309 e. The topological polar surface area (TPSA) is 65.4 Å². The van der Waals surface area contributed by atoms with Crippen LogP contribution in [0.3, 0.4) is 0 Å². The minimum atomic E-state index is 0.592. The molecule has 29 heavy (non-hydrogen) atoms. The molecule has 0 N–H and O–H groups in total. The first-order valence-corrected chi connectivity index (χ1v) is 9.18. The molecule has 0 saturated carbocycles. The predicted octanol–water partition coefficient (Wildman–Crippen LogP) is 5.59. The second kappa shape index (κ2) is 6.64. The second-order valence-corrected chi connectivity index (χ2v) is 6.81. The first-order chi connectivity index (χ1) is 14.3. The lowest BCUT2D eigenvalue weighted by Gasteiger charge is -2.11. The molecule has 5 rings (SSSR count). The molecule has 0 spiro atoms. The maximum atomic E-state index is 9.62. The normalized spacial score (nSPS) is 10.7. The zero-order chi connectivity index (χ0) is 19.8. The largest absolute Gasteiger partial charge is 0.309 e. The van der Waals surface area contributed by atoms with Gasteiger partial charge in [0.05, 0.1) is 34.3 Å². The molecule has 2 aromatic heterocycles. The van der Waals surface area contributed by atoms with Gasteiger partial charge < -0.3 is 4.57 Å². The highest BCUT2D eigenvalue weighted by Crippen LogP contribution is 2.34. The molecule has 2 heterocycles. The third kappa shape index (κ3) is 2.72. The van der Waals surface area contributed by atoms with Gasteiger partial charge in [-0.3, -0.25) is 4.98 Å². The summed E-state index contributed by atoms with van der Waals surface area (Å²) in [4.78, 5) is 4.09. The van der Waals surface area contributed by atoms with Gasteiger partial charge in [0.25, 0.3) is 0 Å². The third-order valence-corrected chi connectivity index (χ3v) is 5.12. The van der Waals surface area contributed by atoms with Crippen molar-refractivity contribution < 1.29 is 0 Å². The Labute approximate surface area is 167 Å². The fourth-order valence-corrected chi connectivity index (χ4v) is 3.84. The van der Waals surface area contributed by atoms with Crippen molar-refractivity contribution in [2.24, 2.45) is 0 Å². The molecule has 3 aromatic carbocycles. The highest BCUT2D eigenvalue weighted by Gasteiger charge is 2.14. The van der Waals surface area contributed by atoms with Crippen LogP contribution in [-0.4, -0.2) is 9.55 Å². The Morgan fingerprint density at radius 2 is 1.41 bits per heavy atom. The first-order valence-electron chi connectivity index (χ1n) is 9.18. The maximum absolute atomic E-state index is 9.62. The van der Waals surface area contributed by atoms with E-state index in [9.17, 15) is 10.5 Å². The lowest BCUT2D eigenvalue weighted by Crippen LogP contribution is -1.96. The van der Waals surface area contributed by atoms with Crippen molar-refractivity contribution in [3.05, 3.63) is 96.3 Å². The lowest BCUT2D eigenvalue weighted by atomic mass is 10.0.